The summed E-state index contributed by atoms with van der Waals surface area (Å²) in [4.78, 5) is 16.0. The maximum atomic E-state index is 13.0. The van der Waals surface area contributed by atoms with Crippen LogP contribution in [-0.4, -0.2) is 59.6 Å². The molecule has 0 bridgehead atoms. The highest BCUT2D eigenvalue weighted by Crippen LogP contribution is 2.32. The summed E-state index contributed by atoms with van der Waals surface area (Å²) in [6.45, 7) is 3.85. The van der Waals surface area contributed by atoms with E-state index in [1.807, 2.05) is 6.92 Å². The molecule has 23 heavy (non-hydrogen) atoms. The highest BCUT2D eigenvalue weighted by molar-refractivity contribution is 5.96. The molecule has 1 saturated heterocycles. The summed E-state index contributed by atoms with van der Waals surface area (Å²) < 4.78 is 39.1. The van der Waals surface area contributed by atoms with E-state index >= 15 is 0 Å². The molecule has 1 amide bonds. The Morgan fingerprint density at radius 2 is 1.83 bits per heavy atom. The third kappa shape index (κ3) is 4.03. The summed E-state index contributed by atoms with van der Waals surface area (Å²) in [6.07, 6.45) is -3.75. The number of alkyl halides is 3. The number of rotatable bonds is 4. The number of benzene rings is 1. The molecule has 1 heterocycles. The third-order valence-corrected chi connectivity index (χ3v) is 4.26. The van der Waals surface area contributed by atoms with Gasteiger partial charge in [-0.2, -0.15) is 13.2 Å². The van der Waals surface area contributed by atoms with Gasteiger partial charge >= 0.3 is 6.18 Å². The summed E-state index contributed by atoms with van der Waals surface area (Å²) in [6, 6.07) is 4.92. The molecule has 1 unspecified atom stereocenters. The minimum absolute atomic E-state index is 0.0368. The van der Waals surface area contributed by atoms with Gasteiger partial charge in [0.15, 0.2) is 0 Å². The van der Waals surface area contributed by atoms with Gasteiger partial charge in [0.1, 0.15) is 0 Å². The first-order valence-corrected chi connectivity index (χ1v) is 7.68. The number of carbonyl (C=O) groups excluding carboxylic acids is 1. The van der Waals surface area contributed by atoms with E-state index in [9.17, 15) is 23.1 Å². The van der Waals surface area contributed by atoms with Crippen molar-refractivity contribution in [3.63, 3.8) is 0 Å². The van der Waals surface area contributed by atoms with E-state index in [1.54, 1.807) is 0 Å². The zero-order valence-corrected chi connectivity index (χ0v) is 13.0. The lowest BCUT2D eigenvalue weighted by Crippen LogP contribution is -2.52. The molecule has 7 heteroatoms. The van der Waals surface area contributed by atoms with Gasteiger partial charge < -0.3 is 10.0 Å². The Morgan fingerprint density at radius 3 is 2.35 bits per heavy atom. The lowest BCUT2D eigenvalue weighted by atomic mass is 10.1. The van der Waals surface area contributed by atoms with Crippen molar-refractivity contribution in [3.8, 4) is 0 Å². The number of carbonyl (C=O) groups is 1. The largest absolute Gasteiger partial charge is 0.417 e. The highest BCUT2D eigenvalue weighted by atomic mass is 19.4. The van der Waals surface area contributed by atoms with Crippen LogP contribution in [0.4, 0.5) is 13.2 Å². The first-order valence-electron chi connectivity index (χ1n) is 7.68. The van der Waals surface area contributed by atoms with E-state index in [0.717, 1.165) is 12.5 Å². The quantitative estimate of drug-likeness (QED) is 0.921. The molecular formula is C16H21F3N2O2. The van der Waals surface area contributed by atoms with Crippen LogP contribution in [0.5, 0.6) is 0 Å². The zero-order chi connectivity index (χ0) is 17.0. The van der Waals surface area contributed by atoms with Gasteiger partial charge in [-0.05, 0) is 18.6 Å². The average molecular weight is 330 g/mol. The lowest BCUT2D eigenvalue weighted by Gasteiger charge is -2.38. The third-order valence-electron chi connectivity index (χ3n) is 4.26. The predicted molar refractivity (Wildman–Crippen MR) is 80.1 cm³/mol. The molecule has 1 aromatic carbocycles. The van der Waals surface area contributed by atoms with Crippen molar-refractivity contribution in [1.82, 2.24) is 9.80 Å². The van der Waals surface area contributed by atoms with Crippen LogP contribution >= 0.6 is 0 Å². The molecule has 0 spiro atoms. The second kappa shape index (κ2) is 7.31. The Hall–Kier alpha value is -1.60. The fourth-order valence-corrected chi connectivity index (χ4v) is 2.88. The molecule has 1 aliphatic heterocycles. The van der Waals surface area contributed by atoms with Crippen molar-refractivity contribution in [2.45, 2.75) is 25.6 Å². The smallest absolute Gasteiger partial charge is 0.395 e. The Bertz CT molecular complexity index is 536. The maximum absolute atomic E-state index is 13.0. The molecule has 1 N–H and O–H groups in total. The van der Waals surface area contributed by atoms with E-state index < -0.39 is 17.6 Å². The molecule has 0 aromatic heterocycles. The van der Waals surface area contributed by atoms with Crippen molar-refractivity contribution in [1.29, 1.82) is 0 Å². The van der Waals surface area contributed by atoms with Crippen molar-refractivity contribution >= 4 is 5.91 Å². The second-order valence-electron chi connectivity index (χ2n) is 5.62. The number of nitrogens with zero attached hydrogens (tertiary/aromatic N) is 2. The topological polar surface area (TPSA) is 43.8 Å². The number of halogens is 3. The fraction of sp³-hybridized carbons (Fsp3) is 0.562. The Balaban J connectivity index is 2.09. The molecule has 1 atom stereocenters. The summed E-state index contributed by atoms with van der Waals surface area (Å²) in [7, 11) is 0. The van der Waals surface area contributed by atoms with Crippen LogP contribution in [0.3, 0.4) is 0 Å². The van der Waals surface area contributed by atoms with Crippen LogP contribution in [-0.2, 0) is 6.18 Å². The van der Waals surface area contributed by atoms with E-state index in [2.05, 4.69) is 4.90 Å². The molecule has 1 aliphatic rings. The van der Waals surface area contributed by atoms with Crippen molar-refractivity contribution in [3.05, 3.63) is 35.4 Å². The van der Waals surface area contributed by atoms with Gasteiger partial charge in [0.2, 0.25) is 0 Å². The maximum Gasteiger partial charge on any atom is 0.417 e. The van der Waals surface area contributed by atoms with E-state index in [-0.39, 0.29) is 18.2 Å². The standard InChI is InChI=1S/C16H21F3N2O2/c1-2-12(11-22)20-7-9-21(10-8-20)15(23)13-5-3-4-6-14(13)16(17,18)19/h3-6,12,22H,2,7-11H2,1H3. The van der Waals surface area contributed by atoms with Gasteiger partial charge in [0.25, 0.3) is 5.91 Å². The predicted octanol–water partition coefficient (Wildman–Crippen LogP) is 2.23. The Morgan fingerprint density at radius 1 is 1.22 bits per heavy atom. The molecule has 0 radical (unpaired) electrons. The molecular weight excluding hydrogens is 309 g/mol. The normalized spacial score (nSPS) is 18.0. The fourth-order valence-electron chi connectivity index (χ4n) is 2.88. The first-order chi connectivity index (χ1) is 10.9. The van der Waals surface area contributed by atoms with Gasteiger partial charge in [-0.1, -0.05) is 19.1 Å². The van der Waals surface area contributed by atoms with Gasteiger partial charge in [-0.25, -0.2) is 0 Å². The first kappa shape index (κ1) is 17.7. The van der Waals surface area contributed by atoms with Crippen LogP contribution < -0.4 is 0 Å². The van der Waals surface area contributed by atoms with Crippen molar-refractivity contribution in [2.75, 3.05) is 32.8 Å². The zero-order valence-electron chi connectivity index (χ0n) is 13.0. The molecule has 2 rings (SSSR count). The van der Waals surface area contributed by atoms with Crippen LogP contribution in [0.25, 0.3) is 0 Å². The van der Waals surface area contributed by atoms with Gasteiger partial charge in [-0.3, -0.25) is 9.69 Å². The van der Waals surface area contributed by atoms with Gasteiger partial charge in [0, 0.05) is 32.2 Å². The SMILES string of the molecule is CCC(CO)N1CCN(C(=O)c2ccccc2C(F)(F)F)CC1. The van der Waals surface area contributed by atoms with Gasteiger partial charge in [0.05, 0.1) is 17.7 Å². The second-order valence-corrected chi connectivity index (χ2v) is 5.62. The summed E-state index contributed by atoms with van der Waals surface area (Å²) in [5.41, 5.74) is -1.20. The molecule has 1 fully saturated rings. The average Bonchev–Trinajstić information content (AvgIpc) is 2.55. The minimum atomic E-state index is -4.54. The lowest BCUT2D eigenvalue weighted by molar-refractivity contribution is -0.138. The Labute approximate surface area is 133 Å². The van der Waals surface area contributed by atoms with E-state index in [0.29, 0.717) is 26.2 Å². The van der Waals surface area contributed by atoms with Crippen LogP contribution in [0.1, 0.15) is 29.3 Å². The summed E-state index contributed by atoms with van der Waals surface area (Å²) >= 11 is 0. The monoisotopic (exact) mass is 330 g/mol. The Kier molecular flexibility index (Phi) is 5.64. The highest BCUT2D eigenvalue weighted by Gasteiger charge is 2.36. The molecule has 128 valence electrons. The number of hydrogen-bond donors (Lipinski definition) is 1. The summed E-state index contributed by atoms with van der Waals surface area (Å²) in [5.74, 6) is -0.588. The molecule has 0 aliphatic carbocycles. The van der Waals surface area contributed by atoms with Crippen LogP contribution in [0, 0.1) is 0 Å². The minimum Gasteiger partial charge on any atom is -0.395 e. The number of aliphatic hydroxyl groups is 1. The number of piperazine rings is 1. The molecule has 0 saturated carbocycles. The van der Waals surface area contributed by atoms with Crippen LogP contribution in [0.15, 0.2) is 24.3 Å². The van der Waals surface area contributed by atoms with E-state index in [4.69, 9.17) is 0 Å². The van der Waals surface area contributed by atoms with Crippen molar-refractivity contribution in [2.24, 2.45) is 0 Å². The van der Waals surface area contributed by atoms with Crippen molar-refractivity contribution < 1.29 is 23.1 Å². The number of amides is 1. The number of aliphatic hydroxyl groups excluding tert-OH is 1. The van der Waals surface area contributed by atoms with Crippen LogP contribution in [0.2, 0.25) is 0 Å². The molecule has 1 aromatic rings. The van der Waals surface area contributed by atoms with E-state index in [1.165, 1.54) is 23.1 Å². The number of hydrogen-bond acceptors (Lipinski definition) is 3. The van der Waals surface area contributed by atoms with Gasteiger partial charge in [-0.15, -0.1) is 0 Å². The molecule has 4 nitrogen and oxygen atoms in total. The summed E-state index contributed by atoms with van der Waals surface area (Å²) in [5, 5.41) is 9.31.